The summed E-state index contributed by atoms with van der Waals surface area (Å²) in [4.78, 5) is 11.2. The summed E-state index contributed by atoms with van der Waals surface area (Å²) in [6.07, 6.45) is 3.88. The minimum atomic E-state index is -0.0710. The molecule has 4 rings (SSSR count). The third-order valence-electron chi connectivity index (χ3n) is 5.32. The highest BCUT2D eigenvalue weighted by Gasteiger charge is 2.47. The SMILES string of the molecule is COc1ncccc1CN1CC2(C[C@@H](OCc3cccc(C)n3)CCO2)C1. The molecule has 1 atom stereocenters. The molecular formula is C21H27N3O3. The minimum absolute atomic E-state index is 0.0710. The lowest BCUT2D eigenvalue weighted by Crippen LogP contribution is -2.65. The molecular weight excluding hydrogens is 342 g/mol. The van der Waals surface area contributed by atoms with E-state index >= 15 is 0 Å². The van der Waals surface area contributed by atoms with E-state index in [1.54, 1.807) is 13.3 Å². The lowest BCUT2D eigenvalue weighted by molar-refractivity contribution is -0.200. The maximum Gasteiger partial charge on any atom is 0.217 e. The Balaban J connectivity index is 1.29. The van der Waals surface area contributed by atoms with Gasteiger partial charge in [0.25, 0.3) is 0 Å². The molecule has 2 aromatic rings. The van der Waals surface area contributed by atoms with E-state index in [1.165, 1.54) is 0 Å². The first-order valence-electron chi connectivity index (χ1n) is 9.54. The zero-order valence-electron chi connectivity index (χ0n) is 16.1. The maximum absolute atomic E-state index is 6.15. The third kappa shape index (κ3) is 4.29. The van der Waals surface area contributed by atoms with Crippen LogP contribution < -0.4 is 4.74 Å². The van der Waals surface area contributed by atoms with E-state index in [1.807, 2.05) is 31.2 Å². The molecule has 6 heteroatoms. The second-order valence-corrected chi connectivity index (χ2v) is 7.54. The van der Waals surface area contributed by atoms with Crippen LogP contribution >= 0.6 is 0 Å². The van der Waals surface area contributed by atoms with Gasteiger partial charge in [-0.1, -0.05) is 12.1 Å². The van der Waals surface area contributed by atoms with Gasteiger partial charge in [0.05, 0.1) is 31.1 Å². The number of hydrogen-bond donors (Lipinski definition) is 0. The fourth-order valence-corrected chi connectivity index (χ4v) is 4.08. The summed E-state index contributed by atoms with van der Waals surface area (Å²) >= 11 is 0. The summed E-state index contributed by atoms with van der Waals surface area (Å²) in [6.45, 7) is 6.02. The fourth-order valence-electron chi connectivity index (χ4n) is 4.08. The Morgan fingerprint density at radius 1 is 1.26 bits per heavy atom. The van der Waals surface area contributed by atoms with Crippen molar-refractivity contribution in [3.63, 3.8) is 0 Å². The third-order valence-corrected chi connectivity index (χ3v) is 5.32. The average molecular weight is 369 g/mol. The van der Waals surface area contributed by atoms with Crippen LogP contribution in [-0.4, -0.2) is 53.4 Å². The summed E-state index contributed by atoms with van der Waals surface area (Å²) in [6, 6.07) is 10.1. The van der Waals surface area contributed by atoms with Crippen molar-refractivity contribution in [2.24, 2.45) is 0 Å². The van der Waals surface area contributed by atoms with Gasteiger partial charge < -0.3 is 14.2 Å². The Hall–Kier alpha value is -2.02. The summed E-state index contributed by atoms with van der Waals surface area (Å²) in [5.41, 5.74) is 3.07. The molecule has 2 aliphatic rings. The van der Waals surface area contributed by atoms with Gasteiger partial charge >= 0.3 is 0 Å². The van der Waals surface area contributed by atoms with Crippen molar-refractivity contribution in [3.8, 4) is 5.88 Å². The molecule has 27 heavy (non-hydrogen) atoms. The van der Waals surface area contributed by atoms with Gasteiger partial charge in [-0.15, -0.1) is 0 Å². The first-order chi connectivity index (χ1) is 13.2. The van der Waals surface area contributed by atoms with Crippen molar-refractivity contribution in [2.45, 2.75) is 44.6 Å². The Bertz CT molecular complexity index is 777. The van der Waals surface area contributed by atoms with E-state index in [-0.39, 0.29) is 11.7 Å². The van der Waals surface area contributed by atoms with Gasteiger partial charge in [-0.05, 0) is 31.5 Å². The zero-order valence-corrected chi connectivity index (χ0v) is 16.1. The van der Waals surface area contributed by atoms with Crippen LogP contribution in [0.2, 0.25) is 0 Å². The molecule has 0 unspecified atom stereocenters. The molecule has 2 fully saturated rings. The van der Waals surface area contributed by atoms with Crippen molar-refractivity contribution in [2.75, 3.05) is 26.8 Å². The van der Waals surface area contributed by atoms with Gasteiger partial charge in [0.2, 0.25) is 5.88 Å². The van der Waals surface area contributed by atoms with Crippen molar-refractivity contribution >= 4 is 0 Å². The Labute approximate surface area is 160 Å². The predicted molar refractivity (Wildman–Crippen MR) is 102 cm³/mol. The van der Waals surface area contributed by atoms with Gasteiger partial charge in [0, 0.05) is 50.1 Å². The fraction of sp³-hybridized carbons (Fsp3) is 0.524. The molecule has 0 bridgehead atoms. The Morgan fingerprint density at radius 2 is 2.15 bits per heavy atom. The summed E-state index contributed by atoms with van der Waals surface area (Å²) in [5, 5.41) is 0. The molecule has 0 saturated carbocycles. The lowest BCUT2D eigenvalue weighted by atomic mass is 9.84. The van der Waals surface area contributed by atoms with Crippen molar-refractivity contribution in [1.29, 1.82) is 0 Å². The van der Waals surface area contributed by atoms with E-state index in [0.29, 0.717) is 12.5 Å². The number of hydrogen-bond acceptors (Lipinski definition) is 6. The van der Waals surface area contributed by atoms with E-state index in [2.05, 4.69) is 20.9 Å². The first-order valence-corrected chi connectivity index (χ1v) is 9.54. The van der Waals surface area contributed by atoms with Crippen LogP contribution in [0.3, 0.4) is 0 Å². The van der Waals surface area contributed by atoms with Crippen molar-refractivity contribution < 1.29 is 14.2 Å². The number of likely N-dealkylation sites (tertiary alicyclic amines) is 1. The second kappa shape index (κ2) is 7.92. The standard InChI is InChI=1S/C21H27N3O3/c1-16-5-3-7-18(23-16)13-26-19-8-10-27-21(11-19)14-24(15-21)12-17-6-4-9-22-20(17)25-2/h3-7,9,19H,8,10-15H2,1-2H3/t19-/m0/s1. The van der Waals surface area contributed by atoms with Crippen LogP contribution in [0.4, 0.5) is 0 Å². The molecule has 0 amide bonds. The van der Waals surface area contributed by atoms with Crippen molar-refractivity contribution in [3.05, 3.63) is 53.5 Å². The quantitative estimate of drug-likeness (QED) is 0.780. The number of nitrogens with zero attached hydrogens (tertiary/aromatic N) is 3. The van der Waals surface area contributed by atoms with Gasteiger partial charge in [0.1, 0.15) is 0 Å². The van der Waals surface area contributed by atoms with Crippen molar-refractivity contribution in [1.82, 2.24) is 14.9 Å². The van der Waals surface area contributed by atoms with E-state index < -0.39 is 0 Å². The molecule has 2 aliphatic heterocycles. The summed E-state index contributed by atoms with van der Waals surface area (Å²) < 4.78 is 17.7. The average Bonchev–Trinajstić information content (AvgIpc) is 2.66. The highest BCUT2D eigenvalue weighted by atomic mass is 16.5. The zero-order chi connectivity index (χ0) is 18.7. The van der Waals surface area contributed by atoms with Gasteiger partial charge in [0.15, 0.2) is 0 Å². The number of aryl methyl sites for hydroxylation is 1. The number of rotatable bonds is 6. The highest BCUT2D eigenvalue weighted by Crippen LogP contribution is 2.36. The van der Waals surface area contributed by atoms with Gasteiger partial charge in [-0.2, -0.15) is 0 Å². The van der Waals surface area contributed by atoms with Crippen LogP contribution in [0.5, 0.6) is 5.88 Å². The Kier molecular flexibility index (Phi) is 5.38. The molecule has 1 spiro atoms. The normalized spacial score (nSPS) is 21.8. The first kappa shape index (κ1) is 18.3. The molecule has 0 N–H and O–H groups in total. The maximum atomic E-state index is 6.15. The molecule has 2 saturated heterocycles. The topological polar surface area (TPSA) is 56.7 Å². The summed E-state index contributed by atoms with van der Waals surface area (Å²) in [7, 11) is 1.67. The monoisotopic (exact) mass is 369 g/mol. The molecule has 0 aliphatic carbocycles. The van der Waals surface area contributed by atoms with Crippen LogP contribution in [0.15, 0.2) is 36.5 Å². The highest BCUT2D eigenvalue weighted by molar-refractivity contribution is 5.25. The smallest absolute Gasteiger partial charge is 0.217 e. The van der Waals surface area contributed by atoms with E-state index in [0.717, 1.165) is 56.0 Å². The second-order valence-electron chi connectivity index (χ2n) is 7.54. The number of methoxy groups -OCH3 is 1. The molecule has 6 nitrogen and oxygen atoms in total. The number of ether oxygens (including phenoxy) is 3. The minimum Gasteiger partial charge on any atom is -0.481 e. The number of pyridine rings is 2. The molecule has 4 heterocycles. The molecule has 0 aromatic carbocycles. The summed E-state index contributed by atoms with van der Waals surface area (Å²) in [5.74, 6) is 0.704. The van der Waals surface area contributed by atoms with E-state index in [9.17, 15) is 0 Å². The van der Waals surface area contributed by atoms with Gasteiger partial charge in [-0.3, -0.25) is 9.88 Å². The molecule has 144 valence electrons. The molecule has 0 radical (unpaired) electrons. The predicted octanol–water partition coefficient (Wildman–Crippen LogP) is 2.74. The van der Waals surface area contributed by atoms with Crippen LogP contribution in [0, 0.1) is 6.92 Å². The van der Waals surface area contributed by atoms with Gasteiger partial charge in [-0.25, -0.2) is 4.98 Å². The number of aromatic nitrogens is 2. The van der Waals surface area contributed by atoms with Crippen LogP contribution in [-0.2, 0) is 22.6 Å². The molecule has 2 aromatic heterocycles. The van der Waals surface area contributed by atoms with Crippen LogP contribution in [0.25, 0.3) is 0 Å². The van der Waals surface area contributed by atoms with Crippen LogP contribution in [0.1, 0.15) is 29.8 Å². The van der Waals surface area contributed by atoms with E-state index in [4.69, 9.17) is 14.2 Å². The Morgan fingerprint density at radius 3 is 2.96 bits per heavy atom. The lowest BCUT2D eigenvalue weighted by Gasteiger charge is -2.53. The largest absolute Gasteiger partial charge is 0.481 e.